The first kappa shape index (κ1) is 20.9. The van der Waals surface area contributed by atoms with Crippen molar-refractivity contribution >= 4 is 17.3 Å². The third-order valence-corrected chi connectivity index (χ3v) is 4.22. The van der Waals surface area contributed by atoms with Crippen LogP contribution < -0.4 is 15.4 Å². The summed E-state index contributed by atoms with van der Waals surface area (Å²) in [4.78, 5) is 11.9. The molecule has 2 aromatic rings. The number of rotatable bonds is 7. The van der Waals surface area contributed by atoms with Gasteiger partial charge >= 0.3 is 6.18 Å². The van der Waals surface area contributed by atoms with Gasteiger partial charge in [-0.05, 0) is 19.4 Å². The molecule has 6 nitrogen and oxygen atoms in total. The molecule has 10 heteroatoms. The van der Waals surface area contributed by atoms with Gasteiger partial charge in [0.1, 0.15) is 0 Å². The van der Waals surface area contributed by atoms with Crippen molar-refractivity contribution in [2.45, 2.75) is 39.1 Å². The Kier molecular flexibility index (Phi) is 7.40. The van der Waals surface area contributed by atoms with E-state index in [2.05, 4.69) is 25.6 Å². The lowest BCUT2D eigenvalue weighted by Gasteiger charge is -2.12. The summed E-state index contributed by atoms with van der Waals surface area (Å²) < 4.78 is 43.1. The molecule has 0 aromatic carbocycles. The van der Waals surface area contributed by atoms with Crippen molar-refractivity contribution in [1.29, 1.82) is 0 Å². The molecule has 0 spiro atoms. The summed E-state index contributed by atoms with van der Waals surface area (Å²) in [6, 6.07) is 3.70. The molecule has 2 heterocycles. The van der Waals surface area contributed by atoms with E-state index in [9.17, 15) is 13.2 Å². The van der Waals surface area contributed by atoms with Gasteiger partial charge in [-0.2, -0.15) is 13.2 Å². The van der Waals surface area contributed by atoms with Crippen LogP contribution in [0.25, 0.3) is 0 Å². The maximum Gasteiger partial charge on any atom is 0.434 e. The van der Waals surface area contributed by atoms with Gasteiger partial charge in [-0.1, -0.05) is 6.07 Å². The van der Waals surface area contributed by atoms with E-state index in [0.717, 1.165) is 22.3 Å². The SMILES string of the molecule is CN=C(NCCc1nc(C(F)(F)F)cs1)NCc1ccc(OC(C)C)nc1. The minimum atomic E-state index is -4.40. The molecule has 0 aliphatic rings. The zero-order valence-electron chi connectivity index (χ0n) is 15.3. The molecule has 0 radical (unpaired) electrons. The Bertz CT molecular complexity index is 744. The van der Waals surface area contributed by atoms with Crippen LogP contribution >= 0.6 is 11.3 Å². The Morgan fingerprint density at radius 3 is 2.63 bits per heavy atom. The van der Waals surface area contributed by atoms with Crippen LogP contribution in [0.4, 0.5) is 13.2 Å². The average Bonchev–Trinajstić information content (AvgIpc) is 3.08. The minimum Gasteiger partial charge on any atom is -0.475 e. The Hall–Kier alpha value is -2.36. The number of nitrogens with one attached hydrogen (secondary N) is 2. The van der Waals surface area contributed by atoms with Crippen molar-refractivity contribution in [1.82, 2.24) is 20.6 Å². The van der Waals surface area contributed by atoms with Crippen LogP contribution in [0.1, 0.15) is 30.1 Å². The minimum absolute atomic E-state index is 0.0644. The number of thiazole rings is 1. The van der Waals surface area contributed by atoms with E-state index in [1.807, 2.05) is 19.9 Å². The summed E-state index contributed by atoms with van der Waals surface area (Å²) in [7, 11) is 1.62. The predicted octanol–water partition coefficient (Wildman–Crippen LogP) is 3.25. The van der Waals surface area contributed by atoms with Gasteiger partial charge in [-0.15, -0.1) is 11.3 Å². The van der Waals surface area contributed by atoms with E-state index in [-0.39, 0.29) is 6.10 Å². The molecular weight excluding hydrogens is 379 g/mol. The zero-order valence-corrected chi connectivity index (χ0v) is 16.1. The van der Waals surface area contributed by atoms with Crippen LogP contribution in [-0.4, -0.2) is 35.6 Å². The largest absolute Gasteiger partial charge is 0.475 e. The third-order valence-electron chi connectivity index (χ3n) is 3.31. The summed E-state index contributed by atoms with van der Waals surface area (Å²) in [6.45, 7) is 4.79. The van der Waals surface area contributed by atoms with Gasteiger partial charge in [0, 0.05) is 44.2 Å². The second-order valence-electron chi connectivity index (χ2n) is 5.90. The fourth-order valence-electron chi connectivity index (χ4n) is 2.08. The standard InChI is InChI=1S/C17H22F3N5OS/c1-11(2)26-14-5-4-12(8-23-14)9-24-16(21-3)22-7-6-15-25-13(10-27-15)17(18,19)20/h4-5,8,10-11H,6-7,9H2,1-3H3,(H2,21,22,24). The van der Waals surface area contributed by atoms with E-state index in [1.165, 1.54) is 0 Å². The molecule has 2 aromatic heterocycles. The highest BCUT2D eigenvalue weighted by atomic mass is 32.1. The molecule has 0 bridgehead atoms. The first-order valence-electron chi connectivity index (χ1n) is 8.35. The van der Waals surface area contributed by atoms with Crippen LogP contribution in [0.2, 0.25) is 0 Å². The highest BCUT2D eigenvalue weighted by Crippen LogP contribution is 2.29. The van der Waals surface area contributed by atoms with E-state index in [0.29, 0.717) is 36.4 Å². The van der Waals surface area contributed by atoms with Crippen molar-refractivity contribution < 1.29 is 17.9 Å². The van der Waals surface area contributed by atoms with Gasteiger partial charge in [-0.3, -0.25) is 4.99 Å². The second kappa shape index (κ2) is 9.54. The molecule has 2 rings (SSSR count). The molecular formula is C17H22F3N5OS. The molecule has 0 amide bonds. The lowest BCUT2D eigenvalue weighted by atomic mass is 10.3. The smallest absolute Gasteiger partial charge is 0.434 e. The van der Waals surface area contributed by atoms with Crippen molar-refractivity contribution in [3.05, 3.63) is 40.0 Å². The molecule has 0 saturated heterocycles. The molecule has 0 unspecified atom stereocenters. The van der Waals surface area contributed by atoms with Gasteiger partial charge in [0.15, 0.2) is 11.7 Å². The van der Waals surface area contributed by atoms with Crippen LogP contribution in [0.15, 0.2) is 28.7 Å². The Balaban J connectivity index is 1.76. The monoisotopic (exact) mass is 401 g/mol. The van der Waals surface area contributed by atoms with E-state index in [1.54, 1.807) is 19.3 Å². The van der Waals surface area contributed by atoms with Crippen LogP contribution in [0.3, 0.4) is 0 Å². The summed E-state index contributed by atoms with van der Waals surface area (Å²) in [5.74, 6) is 1.11. The predicted molar refractivity (Wildman–Crippen MR) is 99.0 cm³/mol. The first-order valence-corrected chi connectivity index (χ1v) is 9.23. The van der Waals surface area contributed by atoms with Gasteiger partial charge in [0.2, 0.25) is 5.88 Å². The summed E-state index contributed by atoms with van der Waals surface area (Å²) >= 11 is 1.000. The number of pyridine rings is 1. The quantitative estimate of drug-likeness (QED) is 0.551. The van der Waals surface area contributed by atoms with Crippen molar-refractivity contribution in [2.24, 2.45) is 4.99 Å². The van der Waals surface area contributed by atoms with Gasteiger partial charge < -0.3 is 15.4 Å². The molecule has 27 heavy (non-hydrogen) atoms. The Morgan fingerprint density at radius 1 is 1.30 bits per heavy atom. The van der Waals surface area contributed by atoms with Crippen LogP contribution in [0.5, 0.6) is 5.88 Å². The lowest BCUT2D eigenvalue weighted by Crippen LogP contribution is -2.37. The van der Waals surface area contributed by atoms with Gasteiger partial charge in [0.25, 0.3) is 0 Å². The molecule has 0 fully saturated rings. The zero-order chi connectivity index (χ0) is 19.9. The van der Waals surface area contributed by atoms with Crippen molar-refractivity contribution in [2.75, 3.05) is 13.6 Å². The highest BCUT2D eigenvalue weighted by molar-refractivity contribution is 7.09. The summed E-state index contributed by atoms with van der Waals surface area (Å²) in [6.07, 6.45) is -2.24. The van der Waals surface area contributed by atoms with E-state index >= 15 is 0 Å². The number of ether oxygens (including phenoxy) is 1. The average molecular weight is 401 g/mol. The Morgan fingerprint density at radius 2 is 2.07 bits per heavy atom. The molecule has 2 N–H and O–H groups in total. The number of aromatic nitrogens is 2. The third kappa shape index (κ3) is 7.05. The second-order valence-corrected chi connectivity index (χ2v) is 6.84. The van der Waals surface area contributed by atoms with Gasteiger partial charge in [0.05, 0.1) is 11.1 Å². The van der Waals surface area contributed by atoms with Crippen LogP contribution in [-0.2, 0) is 19.1 Å². The van der Waals surface area contributed by atoms with Gasteiger partial charge in [-0.25, -0.2) is 9.97 Å². The van der Waals surface area contributed by atoms with E-state index < -0.39 is 11.9 Å². The summed E-state index contributed by atoms with van der Waals surface area (Å²) in [5.41, 5.74) is 0.103. The Labute approximate surface area is 159 Å². The molecule has 0 aliphatic carbocycles. The topological polar surface area (TPSA) is 71.4 Å². The lowest BCUT2D eigenvalue weighted by molar-refractivity contribution is -0.140. The number of halogens is 3. The molecule has 148 valence electrons. The maximum atomic E-state index is 12.5. The first-order chi connectivity index (χ1) is 12.8. The van der Waals surface area contributed by atoms with Crippen LogP contribution in [0, 0.1) is 0 Å². The molecule has 0 aliphatic heterocycles. The van der Waals surface area contributed by atoms with E-state index in [4.69, 9.17) is 4.74 Å². The number of guanidine groups is 1. The molecule has 0 saturated carbocycles. The summed E-state index contributed by atoms with van der Waals surface area (Å²) in [5, 5.41) is 7.63. The number of aliphatic imine (C=N–C) groups is 1. The highest BCUT2D eigenvalue weighted by Gasteiger charge is 2.33. The van der Waals surface area contributed by atoms with Crippen molar-refractivity contribution in [3.63, 3.8) is 0 Å². The molecule has 0 atom stereocenters. The fraction of sp³-hybridized carbons (Fsp3) is 0.471. The van der Waals surface area contributed by atoms with Crippen molar-refractivity contribution in [3.8, 4) is 5.88 Å². The number of hydrogen-bond acceptors (Lipinski definition) is 5. The number of alkyl halides is 3. The maximum absolute atomic E-state index is 12.5. The fourth-order valence-corrected chi connectivity index (χ4v) is 2.88. The normalized spacial score (nSPS) is 12.3. The number of hydrogen-bond donors (Lipinski definition) is 2. The number of nitrogens with zero attached hydrogens (tertiary/aromatic N) is 3.